The summed E-state index contributed by atoms with van der Waals surface area (Å²) in [6.07, 6.45) is 2.96. The largest absolute Gasteiger partial charge is 0.436 e. The van der Waals surface area contributed by atoms with Gasteiger partial charge in [-0.05, 0) is 162 Å². The first-order valence-electron chi connectivity index (χ1n) is 19.6. The number of aliphatic hydroxyl groups excluding tert-OH is 1. The van der Waals surface area contributed by atoms with Crippen molar-refractivity contribution >= 4 is 85.1 Å². The Morgan fingerprint density at radius 3 is 0.774 bits per heavy atom. The van der Waals surface area contributed by atoms with Crippen molar-refractivity contribution in [1.29, 1.82) is 0 Å². The van der Waals surface area contributed by atoms with E-state index in [1.165, 1.54) is 0 Å². The highest BCUT2D eigenvalue weighted by atomic mass is 28.5. The highest BCUT2D eigenvalue weighted by molar-refractivity contribution is 6.93. The van der Waals surface area contributed by atoms with Gasteiger partial charge in [0.1, 0.15) is 0 Å². The van der Waals surface area contributed by atoms with Crippen molar-refractivity contribution in [2.24, 2.45) is 0 Å². The molecule has 0 spiro atoms. The minimum Gasteiger partial charge on any atom is -0.436 e. The lowest BCUT2D eigenvalue weighted by atomic mass is 10.5. The first-order chi connectivity index (χ1) is 23.5. The second-order valence-electron chi connectivity index (χ2n) is 18.8. The Morgan fingerprint density at radius 2 is 0.547 bits per heavy atom. The van der Waals surface area contributed by atoms with Crippen LogP contribution in [-0.4, -0.2) is 123 Å². The third-order valence-electron chi connectivity index (χ3n) is 7.20. The fourth-order valence-electron chi connectivity index (χ4n) is 7.36. The van der Waals surface area contributed by atoms with E-state index in [4.69, 9.17) is 51.6 Å². The van der Waals surface area contributed by atoms with Gasteiger partial charge in [-0.1, -0.05) is 6.92 Å². The monoisotopic (exact) mass is 928 g/mol. The maximum absolute atomic E-state index is 8.95. The number of ether oxygens (including phenoxy) is 2. The molecule has 0 aromatic rings. The van der Waals surface area contributed by atoms with Gasteiger partial charge < -0.3 is 51.6 Å². The van der Waals surface area contributed by atoms with Gasteiger partial charge in [0, 0.05) is 19.8 Å². The van der Waals surface area contributed by atoms with Crippen LogP contribution in [0.15, 0.2) is 0 Å². The van der Waals surface area contributed by atoms with Gasteiger partial charge in [0.25, 0.3) is 0 Å². The molecule has 22 heteroatoms. The summed E-state index contributed by atoms with van der Waals surface area (Å²) < 4.78 is 72.2. The molecule has 0 aromatic carbocycles. The SMILES string of the molecule is CCCOCCC[Si](C)(C)O[Si](C)(C)O[Si](C)(C)O[Si](C)(C)O[Si](C)(C)O[Si](C)(C)O[Si](C)(C)O[Si](C)(C)O[Si](C)(C)O[Si](C)(C)CCCOCCO. The smallest absolute Gasteiger partial charge is 0.314 e. The predicted molar refractivity (Wildman–Crippen MR) is 242 cm³/mol. The van der Waals surface area contributed by atoms with Crippen LogP contribution < -0.4 is 0 Å². The summed E-state index contributed by atoms with van der Waals surface area (Å²) in [4.78, 5) is 0. The van der Waals surface area contributed by atoms with Gasteiger partial charge in [0.2, 0.25) is 0 Å². The lowest BCUT2D eigenvalue weighted by molar-refractivity contribution is 0.0923. The Balaban J connectivity index is 5.37. The van der Waals surface area contributed by atoms with Crippen LogP contribution in [0.4, 0.5) is 0 Å². The second-order valence-corrected chi connectivity index (χ2v) is 56.6. The summed E-state index contributed by atoms with van der Waals surface area (Å²) in [5.41, 5.74) is 0. The third kappa shape index (κ3) is 27.9. The maximum atomic E-state index is 8.95. The van der Waals surface area contributed by atoms with Crippen LogP contribution in [0.25, 0.3) is 0 Å². The lowest BCUT2D eigenvalue weighted by Crippen LogP contribution is -2.62. The van der Waals surface area contributed by atoms with E-state index in [9.17, 15) is 0 Å². The number of aliphatic hydroxyl groups is 1. The Hall–Kier alpha value is 1.69. The van der Waals surface area contributed by atoms with Crippen molar-refractivity contribution in [3.63, 3.8) is 0 Å². The van der Waals surface area contributed by atoms with Gasteiger partial charge in [-0.15, -0.1) is 0 Å². The fourth-order valence-corrected chi connectivity index (χ4v) is 58.3. The van der Waals surface area contributed by atoms with Crippen molar-refractivity contribution in [3.8, 4) is 0 Å². The Labute approximate surface area is 337 Å². The molecule has 12 nitrogen and oxygen atoms in total. The molecule has 0 aliphatic heterocycles. The summed E-state index contributed by atoms with van der Waals surface area (Å²) in [6, 6.07) is 2.00. The Morgan fingerprint density at radius 1 is 0.321 bits per heavy atom. The van der Waals surface area contributed by atoms with Gasteiger partial charge in [-0.3, -0.25) is 0 Å². The molecule has 0 saturated heterocycles. The molecule has 0 unspecified atom stereocenters. The molecule has 1 N–H and O–H groups in total. The van der Waals surface area contributed by atoms with Crippen molar-refractivity contribution in [2.45, 2.75) is 169 Å². The van der Waals surface area contributed by atoms with E-state index in [0.717, 1.165) is 44.6 Å². The molecule has 0 aliphatic carbocycles. The van der Waals surface area contributed by atoms with Crippen molar-refractivity contribution < 1.29 is 51.6 Å². The maximum Gasteiger partial charge on any atom is 0.314 e. The first-order valence-corrected chi connectivity index (χ1v) is 48.3. The van der Waals surface area contributed by atoms with Crippen molar-refractivity contribution in [2.75, 3.05) is 33.0 Å². The van der Waals surface area contributed by atoms with Crippen LogP contribution in [0, 0.1) is 0 Å². The number of rotatable bonds is 30. The Bertz CT molecular complexity index is 981. The van der Waals surface area contributed by atoms with Crippen molar-refractivity contribution in [1.82, 2.24) is 0 Å². The minimum absolute atomic E-state index is 0.0466. The first kappa shape index (κ1) is 54.7. The van der Waals surface area contributed by atoms with E-state index in [1.807, 2.05) is 0 Å². The zero-order valence-corrected chi connectivity index (χ0v) is 48.0. The second kappa shape index (κ2) is 21.8. The third-order valence-corrected chi connectivity index (χ3v) is 46.2. The summed E-state index contributed by atoms with van der Waals surface area (Å²) >= 11 is 0. The molecule has 0 aromatic heterocycles. The molecule has 0 bridgehead atoms. The highest BCUT2D eigenvalue weighted by Crippen LogP contribution is 2.31. The quantitative estimate of drug-likeness (QED) is 0.0546. The Kier molecular flexibility index (Phi) is 22.5. The normalized spacial score (nSPS) is 15.1. The van der Waals surface area contributed by atoms with Crippen LogP contribution in [-0.2, 0) is 46.5 Å². The van der Waals surface area contributed by atoms with Gasteiger partial charge in [0.05, 0.1) is 13.2 Å². The van der Waals surface area contributed by atoms with Crippen LogP contribution in [0.3, 0.4) is 0 Å². The fraction of sp³-hybridized carbons (Fsp3) is 1.00. The van der Waals surface area contributed by atoms with E-state index in [2.05, 4.69) is 138 Å². The number of hydrogen-bond acceptors (Lipinski definition) is 12. The van der Waals surface area contributed by atoms with E-state index in [-0.39, 0.29) is 6.61 Å². The minimum atomic E-state index is -2.71. The molecule has 0 saturated carbocycles. The van der Waals surface area contributed by atoms with Crippen LogP contribution >= 0.6 is 0 Å². The molecular formula is C31H84O12Si10. The summed E-state index contributed by atoms with van der Waals surface area (Å²) in [7, 11) is -24.9. The molecule has 320 valence electrons. The van der Waals surface area contributed by atoms with Crippen LogP contribution in [0.5, 0.6) is 0 Å². The molecule has 0 aliphatic rings. The lowest BCUT2D eigenvalue weighted by Gasteiger charge is -2.44. The highest BCUT2D eigenvalue weighted by Gasteiger charge is 2.50. The molecule has 0 rings (SSSR count). The van der Waals surface area contributed by atoms with E-state index < -0.39 is 85.1 Å². The van der Waals surface area contributed by atoms with Gasteiger partial charge in [0.15, 0.2) is 16.6 Å². The van der Waals surface area contributed by atoms with Crippen LogP contribution in [0.1, 0.15) is 26.2 Å². The zero-order valence-electron chi connectivity index (χ0n) is 38.0. The van der Waals surface area contributed by atoms with E-state index in [1.54, 1.807) is 0 Å². The number of hydrogen-bond donors (Lipinski definition) is 1. The van der Waals surface area contributed by atoms with Gasteiger partial charge in [-0.2, -0.15) is 0 Å². The summed E-state index contributed by atoms with van der Waals surface area (Å²) in [6.45, 7) is 47.2. The topological polar surface area (TPSA) is 122 Å². The summed E-state index contributed by atoms with van der Waals surface area (Å²) in [5, 5.41) is 8.95. The van der Waals surface area contributed by atoms with E-state index in [0.29, 0.717) is 13.2 Å². The molecule has 53 heavy (non-hydrogen) atoms. The van der Waals surface area contributed by atoms with Gasteiger partial charge >= 0.3 is 68.5 Å². The van der Waals surface area contributed by atoms with E-state index >= 15 is 0 Å². The molecule has 0 heterocycles. The zero-order chi connectivity index (χ0) is 41.8. The molecular weight excluding hydrogens is 845 g/mol. The molecule has 0 fully saturated rings. The molecule has 0 amide bonds. The molecule has 0 radical (unpaired) electrons. The average molecular weight is 930 g/mol. The van der Waals surface area contributed by atoms with Gasteiger partial charge in [-0.25, -0.2) is 0 Å². The van der Waals surface area contributed by atoms with Crippen LogP contribution in [0.2, 0.25) is 143 Å². The van der Waals surface area contributed by atoms with Crippen molar-refractivity contribution in [3.05, 3.63) is 0 Å². The molecule has 0 atom stereocenters. The average Bonchev–Trinajstić information content (AvgIpc) is 2.81. The standard InChI is InChI=1S/C31H84O12Si10/c1-22-26-33-27-23-30-44(2,3)35-46(6,7)37-48(10,11)39-50(14,15)41-52(18,19)43-53(20,21)42-51(16,17)40-49(12,13)38-47(8,9)36-45(4,5)31-24-28-34-29-25-32/h32H,22-31H2,1-21H3. The predicted octanol–water partition coefficient (Wildman–Crippen LogP) is 9.38. The summed E-state index contributed by atoms with van der Waals surface area (Å²) in [5.74, 6) is 0.